The number of aromatic nitrogens is 2. The van der Waals surface area contributed by atoms with Crippen molar-refractivity contribution >= 4 is 33.0 Å². The number of benzene rings is 2. The van der Waals surface area contributed by atoms with E-state index < -0.39 is 10.0 Å². The minimum absolute atomic E-state index is 0.153. The van der Waals surface area contributed by atoms with E-state index in [0.29, 0.717) is 10.7 Å². The van der Waals surface area contributed by atoms with Crippen LogP contribution in [0.4, 0.5) is 5.69 Å². The predicted octanol–water partition coefficient (Wildman–Crippen LogP) is 4.38. The Morgan fingerprint density at radius 2 is 1.63 bits per heavy atom. The van der Waals surface area contributed by atoms with Crippen molar-refractivity contribution in [2.45, 2.75) is 11.4 Å². The summed E-state index contributed by atoms with van der Waals surface area (Å²) in [6.07, 6.45) is 3.57. The first-order chi connectivity index (χ1) is 13.1. The average molecular weight is 398 g/mol. The molecular formula is C20H16ClN3O2S. The van der Waals surface area contributed by atoms with Crippen LogP contribution in [-0.2, 0) is 16.6 Å². The molecule has 0 saturated heterocycles. The van der Waals surface area contributed by atoms with Gasteiger partial charge in [-0.25, -0.2) is 13.4 Å². The molecule has 2 aromatic carbocycles. The van der Waals surface area contributed by atoms with Gasteiger partial charge in [0.15, 0.2) is 0 Å². The van der Waals surface area contributed by atoms with E-state index in [0.717, 1.165) is 11.3 Å². The molecule has 136 valence electrons. The maximum Gasteiger partial charge on any atom is 0.264 e. The van der Waals surface area contributed by atoms with Gasteiger partial charge in [0.1, 0.15) is 5.65 Å². The van der Waals surface area contributed by atoms with Gasteiger partial charge in [-0.1, -0.05) is 35.9 Å². The number of para-hydroxylation sites is 1. The van der Waals surface area contributed by atoms with Gasteiger partial charge in [0.05, 0.1) is 29.0 Å². The SMILES string of the molecule is O=S(=O)(c1ccc(Cl)cc1)N(Cc1cnc2ccccn12)c1ccccc1. The van der Waals surface area contributed by atoms with E-state index in [4.69, 9.17) is 11.6 Å². The van der Waals surface area contributed by atoms with E-state index in [1.165, 1.54) is 16.4 Å². The van der Waals surface area contributed by atoms with Crippen LogP contribution < -0.4 is 4.31 Å². The second-order valence-electron chi connectivity index (χ2n) is 5.98. The summed E-state index contributed by atoms with van der Waals surface area (Å²) in [5.74, 6) is 0. The van der Waals surface area contributed by atoms with Crippen molar-refractivity contribution in [1.82, 2.24) is 9.38 Å². The lowest BCUT2D eigenvalue weighted by molar-refractivity contribution is 0.590. The Labute approximate surface area is 162 Å². The summed E-state index contributed by atoms with van der Waals surface area (Å²) < 4.78 is 30.0. The highest BCUT2D eigenvalue weighted by Gasteiger charge is 2.26. The van der Waals surface area contributed by atoms with E-state index >= 15 is 0 Å². The second kappa shape index (κ2) is 7.06. The second-order valence-corrected chi connectivity index (χ2v) is 8.28. The van der Waals surface area contributed by atoms with Crippen molar-refractivity contribution in [3.8, 4) is 0 Å². The summed E-state index contributed by atoms with van der Waals surface area (Å²) in [5.41, 5.74) is 2.12. The standard InChI is InChI=1S/C20H16ClN3O2S/c21-16-9-11-19(12-10-16)27(25,26)24(17-6-2-1-3-7-17)15-18-14-22-20-8-4-5-13-23(18)20/h1-14H,15H2. The van der Waals surface area contributed by atoms with Gasteiger partial charge in [0.25, 0.3) is 10.0 Å². The van der Waals surface area contributed by atoms with Crippen LogP contribution in [0.3, 0.4) is 0 Å². The molecule has 27 heavy (non-hydrogen) atoms. The van der Waals surface area contributed by atoms with Crippen molar-refractivity contribution in [2.24, 2.45) is 0 Å². The van der Waals surface area contributed by atoms with Crippen LogP contribution >= 0.6 is 11.6 Å². The maximum absolute atomic E-state index is 13.4. The average Bonchev–Trinajstić information content (AvgIpc) is 3.10. The molecule has 0 fully saturated rings. The van der Waals surface area contributed by atoms with E-state index in [1.54, 1.807) is 30.5 Å². The summed E-state index contributed by atoms with van der Waals surface area (Å²) in [6.45, 7) is 0.153. The molecule has 0 saturated carbocycles. The first-order valence-corrected chi connectivity index (χ1v) is 10.1. The smallest absolute Gasteiger partial charge is 0.264 e. The van der Waals surface area contributed by atoms with Gasteiger partial charge in [-0.3, -0.25) is 4.31 Å². The molecule has 0 aliphatic heterocycles. The number of hydrogen-bond acceptors (Lipinski definition) is 3. The number of anilines is 1. The summed E-state index contributed by atoms with van der Waals surface area (Å²) in [6, 6.07) is 20.9. The van der Waals surface area contributed by atoms with Crippen LogP contribution in [0, 0.1) is 0 Å². The maximum atomic E-state index is 13.4. The molecule has 4 rings (SSSR count). The molecule has 0 aliphatic carbocycles. The minimum Gasteiger partial charge on any atom is -0.302 e. The van der Waals surface area contributed by atoms with Crippen LogP contribution in [0.5, 0.6) is 0 Å². The van der Waals surface area contributed by atoms with Gasteiger partial charge in [-0.2, -0.15) is 0 Å². The van der Waals surface area contributed by atoms with E-state index in [1.807, 2.05) is 47.0 Å². The monoisotopic (exact) mass is 397 g/mol. The number of rotatable bonds is 5. The molecule has 0 N–H and O–H groups in total. The Balaban J connectivity index is 1.81. The number of sulfonamides is 1. The minimum atomic E-state index is -3.78. The fourth-order valence-electron chi connectivity index (χ4n) is 2.89. The van der Waals surface area contributed by atoms with Crippen LogP contribution in [0.1, 0.15) is 5.69 Å². The largest absolute Gasteiger partial charge is 0.302 e. The molecule has 0 radical (unpaired) electrons. The zero-order chi connectivity index (χ0) is 18.9. The molecule has 0 atom stereocenters. The van der Waals surface area contributed by atoms with Crippen molar-refractivity contribution in [3.63, 3.8) is 0 Å². The number of hydrogen-bond donors (Lipinski definition) is 0. The van der Waals surface area contributed by atoms with Crippen LogP contribution in [-0.4, -0.2) is 17.8 Å². The third-order valence-electron chi connectivity index (χ3n) is 4.25. The lowest BCUT2D eigenvalue weighted by atomic mass is 10.3. The molecular weight excluding hydrogens is 382 g/mol. The molecule has 0 bridgehead atoms. The van der Waals surface area contributed by atoms with Crippen molar-refractivity contribution in [1.29, 1.82) is 0 Å². The molecule has 2 aromatic heterocycles. The van der Waals surface area contributed by atoms with Gasteiger partial charge in [0.2, 0.25) is 0 Å². The summed E-state index contributed by atoms with van der Waals surface area (Å²) in [7, 11) is -3.78. The van der Waals surface area contributed by atoms with Crippen LogP contribution in [0.15, 0.2) is 90.1 Å². The number of pyridine rings is 1. The zero-order valence-corrected chi connectivity index (χ0v) is 15.8. The Morgan fingerprint density at radius 1 is 0.926 bits per heavy atom. The normalized spacial score (nSPS) is 11.6. The number of imidazole rings is 1. The highest BCUT2D eigenvalue weighted by molar-refractivity contribution is 7.92. The van der Waals surface area contributed by atoms with E-state index in [9.17, 15) is 8.42 Å². The first kappa shape index (κ1) is 17.6. The van der Waals surface area contributed by atoms with Crippen LogP contribution in [0.2, 0.25) is 5.02 Å². The Bertz CT molecular complexity index is 1170. The number of nitrogens with zero attached hydrogens (tertiary/aromatic N) is 3. The molecule has 0 spiro atoms. The fourth-order valence-corrected chi connectivity index (χ4v) is 4.45. The van der Waals surface area contributed by atoms with Gasteiger partial charge in [-0.15, -0.1) is 0 Å². The molecule has 0 unspecified atom stereocenters. The number of fused-ring (bicyclic) bond motifs is 1. The molecule has 0 amide bonds. The van der Waals surface area contributed by atoms with Gasteiger partial charge < -0.3 is 4.40 Å². The Morgan fingerprint density at radius 3 is 2.37 bits per heavy atom. The van der Waals surface area contributed by atoms with E-state index in [2.05, 4.69) is 4.98 Å². The van der Waals surface area contributed by atoms with Gasteiger partial charge >= 0.3 is 0 Å². The zero-order valence-electron chi connectivity index (χ0n) is 14.2. The Hall–Kier alpha value is -2.83. The molecule has 4 aromatic rings. The topological polar surface area (TPSA) is 54.7 Å². The molecule has 2 heterocycles. The third-order valence-corrected chi connectivity index (χ3v) is 6.29. The quantitative estimate of drug-likeness (QED) is 0.502. The fraction of sp³-hybridized carbons (Fsp3) is 0.0500. The summed E-state index contributed by atoms with van der Waals surface area (Å²) >= 11 is 5.92. The van der Waals surface area contributed by atoms with Gasteiger partial charge in [-0.05, 0) is 48.5 Å². The van der Waals surface area contributed by atoms with Crippen molar-refractivity contribution in [3.05, 3.63) is 95.9 Å². The van der Waals surface area contributed by atoms with E-state index in [-0.39, 0.29) is 11.4 Å². The first-order valence-electron chi connectivity index (χ1n) is 8.30. The Kier molecular flexibility index (Phi) is 4.59. The van der Waals surface area contributed by atoms with Crippen molar-refractivity contribution < 1.29 is 8.42 Å². The summed E-state index contributed by atoms with van der Waals surface area (Å²) in [4.78, 5) is 4.54. The third kappa shape index (κ3) is 3.41. The van der Waals surface area contributed by atoms with Crippen molar-refractivity contribution in [2.75, 3.05) is 4.31 Å². The lowest BCUT2D eigenvalue weighted by Crippen LogP contribution is -2.31. The van der Waals surface area contributed by atoms with Crippen LogP contribution in [0.25, 0.3) is 5.65 Å². The highest BCUT2D eigenvalue weighted by atomic mass is 35.5. The lowest BCUT2D eigenvalue weighted by Gasteiger charge is -2.24. The highest BCUT2D eigenvalue weighted by Crippen LogP contribution is 2.26. The summed E-state index contributed by atoms with van der Waals surface area (Å²) in [5, 5.41) is 0.488. The van der Waals surface area contributed by atoms with Gasteiger partial charge in [0, 0.05) is 11.2 Å². The predicted molar refractivity (Wildman–Crippen MR) is 106 cm³/mol. The number of halogens is 1. The molecule has 0 aliphatic rings. The molecule has 5 nitrogen and oxygen atoms in total. The molecule has 7 heteroatoms.